The Balaban J connectivity index is 2.57. The Bertz CT molecular complexity index is 519. The summed E-state index contributed by atoms with van der Waals surface area (Å²) in [4.78, 5) is 24.2. The highest BCUT2D eigenvalue weighted by Gasteiger charge is 2.14. The Morgan fingerprint density at radius 1 is 1.52 bits per heavy atom. The number of nitrogens with zero attached hydrogens (tertiary/aromatic N) is 2. The number of benzene rings is 1. The van der Waals surface area contributed by atoms with Crippen LogP contribution in [0, 0.1) is 10.1 Å². The number of amides is 1. The Morgan fingerprint density at radius 3 is 2.71 bits per heavy atom. The smallest absolute Gasteiger partial charge is 0.292 e. The minimum atomic E-state index is -0.571. The lowest BCUT2D eigenvalue weighted by atomic mass is 10.1. The SMILES string of the molecule is CCC(C)N(C)CCNC(=O)c1ccc([N+](=O)[O-])c(N)c1. The zero-order chi connectivity index (χ0) is 16.0. The van der Waals surface area contributed by atoms with Gasteiger partial charge in [0.05, 0.1) is 4.92 Å². The molecule has 1 aromatic rings. The highest BCUT2D eigenvalue weighted by molar-refractivity contribution is 5.95. The highest BCUT2D eigenvalue weighted by Crippen LogP contribution is 2.21. The number of nitro benzene ring substituents is 1. The van der Waals surface area contributed by atoms with Crippen LogP contribution < -0.4 is 11.1 Å². The molecule has 0 heterocycles. The van der Waals surface area contributed by atoms with Crippen molar-refractivity contribution in [2.75, 3.05) is 25.9 Å². The molecule has 0 aliphatic carbocycles. The van der Waals surface area contributed by atoms with Gasteiger partial charge in [0, 0.05) is 30.8 Å². The maximum Gasteiger partial charge on any atom is 0.292 e. The van der Waals surface area contributed by atoms with Gasteiger partial charge in [0.25, 0.3) is 11.6 Å². The van der Waals surface area contributed by atoms with E-state index < -0.39 is 4.92 Å². The molecule has 0 saturated carbocycles. The first kappa shape index (κ1) is 16.9. The van der Waals surface area contributed by atoms with E-state index in [1.54, 1.807) is 0 Å². The number of anilines is 1. The number of hydrogen-bond acceptors (Lipinski definition) is 5. The summed E-state index contributed by atoms with van der Waals surface area (Å²) in [5, 5.41) is 13.4. The van der Waals surface area contributed by atoms with Crippen molar-refractivity contribution in [1.29, 1.82) is 0 Å². The Hall–Kier alpha value is -2.15. The van der Waals surface area contributed by atoms with Crippen molar-refractivity contribution in [3.8, 4) is 0 Å². The molecule has 3 N–H and O–H groups in total. The van der Waals surface area contributed by atoms with Crippen LogP contribution in [0.3, 0.4) is 0 Å². The maximum absolute atomic E-state index is 11.9. The summed E-state index contributed by atoms with van der Waals surface area (Å²) in [5.74, 6) is -0.283. The normalized spacial score (nSPS) is 12.2. The lowest BCUT2D eigenvalue weighted by Crippen LogP contribution is -2.37. The quantitative estimate of drug-likeness (QED) is 0.452. The number of hydrogen-bond donors (Lipinski definition) is 2. The third-order valence-electron chi connectivity index (χ3n) is 3.58. The van der Waals surface area contributed by atoms with Gasteiger partial charge in [-0.05, 0) is 32.5 Å². The monoisotopic (exact) mass is 294 g/mol. The van der Waals surface area contributed by atoms with Gasteiger partial charge in [0.1, 0.15) is 5.69 Å². The maximum atomic E-state index is 11.9. The molecule has 7 nitrogen and oxygen atoms in total. The van der Waals surface area contributed by atoms with Crippen LogP contribution >= 0.6 is 0 Å². The molecule has 1 rings (SSSR count). The van der Waals surface area contributed by atoms with Gasteiger partial charge in [0.15, 0.2) is 0 Å². The highest BCUT2D eigenvalue weighted by atomic mass is 16.6. The zero-order valence-electron chi connectivity index (χ0n) is 12.6. The second kappa shape index (κ2) is 7.58. The summed E-state index contributed by atoms with van der Waals surface area (Å²) >= 11 is 0. The van der Waals surface area contributed by atoms with Gasteiger partial charge in [-0.15, -0.1) is 0 Å². The molecule has 0 aromatic heterocycles. The summed E-state index contributed by atoms with van der Waals surface area (Å²) < 4.78 is 0. The molecular weight excluding hydrogens is 272 g/mol. The van der Waals surface area contributed by atoms with E-state index in [0.717, 1.165) is 13.0 Å². The molecule has 0 radical (unpaired) electrons. The minimum Gasteiger partial charge on any atom is -0.393 e. The molecule has 0 spiro atoms. The van der Waals surface area contributed by atoms with Crippen molar-refractivity contribution >= 4 is 17.3 Å². The van der Waals surface area contributed by atoms with Crippen molar-refractivity contribution in [3.63, 3.8) is 0 Å². The van der Waals surface area contributed by atoms with Crippen LogP contribution in [0.5, 0.6) is 0 Å². The van der Waals surface area contributed by atoms with Gasteiger partial charge >= 0.3 is 0 Å². The van der Waals surface area contributed by atoms with Gasteiger partial charge < -0.3 is 16.0 Å². The van der Waals surface area contributed by atoms with Crippen LogP contribution in [0.15, 0.2) is 18.2 Å². The van der Waals surface area contributed by atoms with Crippen LogP contribution in [-0.4, -0.2) is 41.9 Å². The summed E-state index contributed by atoms with van der Waals surface area (Å²) in [7, 11) is 2.00. The Kier molecular flexibility index (Phi) is 6.10. The topological polar surface area (TPSA) is 102 Å². The summed E-state index contributed by atoms with van der Waals surface area (Å²) in [6.45, 7) is 5.48. The third kappa shape index (κ3) is 4.71. The number of nitrogens with two attached hydrogens (primary N) is 1. The van der Waals surface area contributed by atoms with E-state index in [9.17, 15) is 14.9 Å². The van der Waals surface area contributed by atoms with Crippen LogP contribution in [0.25, 0.3) is 0 Å². The van der Waals surface area contributed by atoms with Crippen LogP contribution in [-0.2, 0) is 0 Å². The first-order valence-corrected chi connectivity index (χ1v) is 6.89. The van der Waals surface area contributed by atoms with Gasteiger partial charge in [-0.1, -0.05) is 6.92 Å². The molecule has 0 bridgehead atoms. The second-order valence-electron chi connectivity index (χ2n) is 5.02. The number of carbonyl (C=O) groups is 1. The summed E-state index contributed by atoms with van der Waals surface area (Å²) in [5.41, 5.74) is 5.69. The Morgan fingerprint density at radius 2 is 2.19 bits per heavy atom. The Labute approximate surface area is 124 Å². The number of rotatable bonds is 7. The van der Waals surface area contributed by atoms with Crippen molar-refractivity contribution in [2.24, 2.45) is 0 Å². The molecule has 116 valence electrons. The third-order valence-corrected chi connectivity index (χ3v) is 3.58. The van der Waals surface area contributed by atoms with Gasteiger partial charge in [-0.3, -0.25) is 14.9 Å². The molecule has 1 amide bonds. The van der Waals surface area contributed by atoms with Crippen LogP contribution in [0.2, 0.25) is 0 Å². The van der Waals surface area contributed by atoms with E-state index in [0.29, 0.717) is 18.2 Å². The first-order valence-electron chi connectivity index (χ1n) is 6.89. The van der Waals surface area contributed by atoms with E-state index in [1.807, 2.05) is 7.05 Å². The molecule has 0 saturated heterocycles. The van der Waals surface area contributed by atoms with Crippen LogP contribution in [0.4, 0.5) is 11.4 Å². The number of nitrogen functional groups attached to an aromatic ring is 1. The van der Waals surface area contributed by atoms with Crippen molar-refractivity contribution in [1.82, 2.24) is 10.2 Å². The molecule has 1 aromatic carbocycles. The van der Waals surface area contributed by atoms with Crippen molar-refractivity contribution < 1.29 is 9.72 Å². The van der Waals surface area contributed by atoms with Crippen molar-refractivity contribution in [3.05, 3.63) is 33.9 Å². The predicted molar refractivity (Wildman–Crippen MR) is 82.2 cm³/mol. The zero-order valence-corrected chi connectivity index (χ0v) is 12.6. The number of likely N-dealkylation sites (N-methyl/N-ethyl adjacent to an activating group) is 1. The van der Waals surface area contributed by atoms with E-state index in [2.05, 4.69) is 24.1 Å². The molecule has 1 unspecified atom stereocenters. The lowest BCUT2D eigenvalue weighted by Gasteiger charge is -2.23. The van der Waals surface area contributed by atoms with Crippen LogP contribution in [0.1, 0.15) is 30.6 Å². The van der Waals surface area contributed by atoms with Gasteiger partial charge in [-0.25, -0.2) is 0 Å². The van der Waals surface area contributed by atoms with E-state index in [4.69, 9.17) is 5.73 Å². The number of nitro groups is 1. The molecule has 7 heteroatoms. The summed E-state index contributed by atoms with van der Waals surface area (Å²) in [6, 6.07) is 4.43. The fraction of sp³-hybridized carbons (Fsp3) is 0.500. The predicted octanol–water partition coefficient (Wildman–Crippen LogP) is 1.64. The van der Waals surface area contributed by atoms with Gasteiger partial charge in [0.2, 0.25) is 0 Å². The second-order valence-corrected chi connectivity index (χ2v) is 5.02. The molecule has 0 aliphatic rings. The number of carbonyl (C=O) groups excluding carboxylic acids is 1. The largest absolute Gasteiger partial charge is 0.393 e. The molecular formula is C14H22N4O3. The molecule has 0 aliphatic heterocycles. The van der Waals surface area contributed by atoms with E-state index >= 15 is 0 Å². The van der Waals surface area contributed by atoms with Crippen molar-refractivity contribution in [2.45, 2.75) is 26.3 Å². The fourth-order valence-corrected chi connectivity index (χ4v) is 1.84. The molecule has 21 heavy (non-hydrogen) atoms. The first-order chi connectivity index (χ1) is 9.86. The lowest BCUT2D eigenvalue weighted by molar-refractivity contribution is -0.383. The summed E-state index contributed by atoms with van der Waals surface area (Å²) in [6.07, 6.45) is 1.04. The van der Waals surface area contributed by atoms with Gasteiger partial charge in [-0.2, -0.15) is 0 Å². The average molecular weight is 294 g/mol. The van der Waals surface area contributed by atoms with E-state index in [1.165, 1.54) is 18.2 Å². The average Bonchev–Trinajstić information content (AvgIpc) is 2.45. The molecule has 0 fully saturated rings. The number of nitrogens with one attached hydrogen (secondary N) is 1. The standard InChI is InChI=1S/C14H22N4O3/c1-4-10(2)17(3)8-7-16-14(19)11-5-6-13(18(20)21)12(15)9-11/h5-6,9-10H,4,7-8,15H2,1-3H3,(H,16,19). The van der Waals surface area contributed by atoms with E-state index in [-0.39, 0.29) is 17.3 Å². The molecule has 1 atom stereocenters. The minimum absolute atomic E-state index is 0.00984. The fourth-order valence-electron chi connectivity index (χ4n) is 1.84.